The Kier molecular flexibility index (Phi) is 7.71. The summed E-state index contributed by atoms with van der Waals surface area (Å²) in [6.07, 6.45) is -0.247. The molecule has 0 aromatic heterocycles. The smallest absolute Gasteiger partial charge is 0.326 e. The molecule has 2 atom stereocenters. The second-order valence-corrected chi connectivity index (χ2v) is 3.96. The number of nitrogens with one attached hydrogen (secondary N) is 3. The van der Waals surface area contributed by atoms with Crippen molar-refractivity contribution >= 4 is 23.9 Å². The zero-order valence-corrected chi connectivity index (χ0v) is 11.6. The molecule has 0 spiro atoms. The van der Waals surface area contributed by atoms with E-state index in [1.165, 1.54) is 21.1 Å². The average Bonchev–Trinajstić information content (AvgIpc) is 2.41. The Morgan fingerprint density at radius 1 is 1.20 bits per heavy atom. The van der Waals surface area contributed by atoms with Crippen LogP contribution in [0.25, 0.3) is 0 Å². The molecule has 0 aromatic rings. The Labute approximate surface area is 116 Å². The molecule has 0 aliphatic carbocycles. The molecule has 0 rings (SSSR count). The van der Waals surface area contributed by atoms with E-state index in [4.69, 9.17) is 5.11 Å². The number of likely N-dealkylation sites (N-methyl/N-ethyl adjacent to an activating group) is 1. The quantitative estimate of drug-likeness (QED) is 0.436. The predicted molar refractivity (Wildman–Crippen MR) is 67.9 cm³/mol. The molecule has 0 aliphatic heterocycles. The van der Waals surface area contributed by atoms with E-state index < -0.39 is 36.0 Å². The number of urea groups is 1. The van der Waals surface area contributed by atoms with Gasteiger partial charge >= 0.3 is 18.0 Å². The second kappa shape index (κ2) is 8.73. The Bertz CT molecular complexity index is 384. The summed E-state index contributed by atoms with van der Waals surface area (Å²) in [6.45, 7) is 1.45. The average molecular weight is 289 g/mol. The fraction of sp³-hybridized carbons (Fsp3) is 0.636. The van der Waals surface area contributed by atoms with Gasteiger partial charge in [-0.2, -0.15) is 0 Å². The van der Waals surface area contributed by atoms with Crippen LogP contribution in [-0.4, -0.2) is 55.2 Å². The van der Waals surface area contributed by atoms with Gasteiger partial charge in [-0.15, -0.1) is 0 Å². The van der Waals surface area contributed by atoms with Crippen LogP contribution in [-0.2, 0) is 19.1 Å². The van der Waals surface area contributed by atoms with Gasteiger partial charge in [-0.25, -0.2) is 9.59 Å². The minimum atomic E-state index is -1.28. The number of carbonyl (C=O) groups excluding carboxylic acids is 3. The number of methoxy groups -OCH3 is 1. The summed E-state index contributed by atoms with van der Waals surface area (Å²) in [5.74, 6) is -2.27. The number of esters is 1. The Morgan fingerprint density at radius 2 is 1.80 bits per heavy atom. The highest BCUT2D eigenvalue weighted by atomic mass is 16.5. The lowest BCUT2D eigenvalue weighted by Gasteiger charge is -2.17. The number of amides is 3. The first-order valence-electron chi connectivity index (χ1n) is 5.90. The first-order chi connectivity index (χ1) is 9.31. The highest BCUT2D eigenvalue weighted by Crippen LogP contribution is 1.99. The Hall–Kier alpha value is -2.32. The summed E-state index contributed by atoms with van der Waals surface area (Å²) < 4.78 is 4.38. The van der Waals surface area contributed by atoms with Gasteiger partial charge in [0.2, 0.25) is 5.91 Å². The summed E-state index contributed by atoms with van der Waals surface area (Å²) in [5.41, 5.74) is 0. The number of carboxylic acid groups (broad SMARTS) is 1. The van der Waals surface area contributed by atoms with E-state index in [9.17, 15) is 19.2 Å². The van der Waals surface area contributed by atoms with E-state index in [0.29, 0.717) is 0 Å². The third-order valence-corrected chi connectivity index (χ3v) is 2.46. The van der Waals surface area contributed by atoms with Crippen molar-refractivity contribution in [3.63, 3.8) is 0 Å². The van der Waals surface area contributed by atoms with Crippen LogP contribution in [0.5, 0.6) is 0 Å². The molecule has 20 heavy (non-hydrogen) atoms. The molecule has 0 bridgehead atoms. The molecule has 1 unspecified atom stereocenters. The summed E-state index contributed by atoms with van der Waals surface area (Å²) in [5, 5.41) is 15.7. The highest BCUT2D eigenvalue weighted by Gasteiger charge is 2.22. The van der Waals surface area contributed by atoms with Gasteiger partial charge in [0.25, 0.3) is 0 Å². The van der Waals surface area contributed by atoms with Crippen LogP contribution < -0.4 is 16.0 Å². The van der Waals surface area contributed by atoms with Crippen molar-refractivity contribution in [3.8, 4) is 0 Å². The van der Waals surface area contributed by atoms with Gasteiger partial charge in [0, 0.05) is 13.5 Å². The normalized spacial score (nSPS) is 12.8. The summed E-state index contributed by atoms with van der Waals surface area (Å²) >= 11 is 0. The number of carbonyl (C=O) groups is 4. The van der Waals surface area contributed by atoms with Crippen molar-refractivity contribution in [2.24, 2.45) is 0 Å². The summed E-state index contributed by atoms with van der Waals surface area (Å²) in [7, 11) is 2.60. The maximum atomic E-state index is 11.5. The van der Waals surface area contributed by atoms with Crippen LogP contribution in [0, 0.1) is 0 Å². The second-order valence-electron chi connectivity index (χ2n) is 3.96. The van der Waals surface area contributed by atoms with Gasteiger partial charge in [0.05, 0.1) is 7.11 Å². The number of hydrogen-bond donors (Lipinski definition) is 4. The molecule has 3 amide bonds. The van der Waals surface area contributed by atoms with Crippen molar-refractivity contribution in [1.82, 2.24) is 16.0 Å². The van der Waals surface area contributed by atoms with Crippen LogP contribution in [0.1, 0.15) is 19.8 Å². The van der Waals surface area contributed by atoms with Crippen LogP contribution in [0.3, 0.4) is 0 Å². The number of carboxylic acids is 1. The van der Waals surface area contributed by atoms with E-state index >= 15 is 0 Å². The number of aliphatic carboxylic acids is 1. The molecular formula is C11H19N3O6. The molecule has 0 saturated heterocycles. The zero-order valence-electron chi connectivity index (χ0n) is 11.6. The van der Waals surface area contributed by atoms with Gasteiger partial charge in [0.1, 0.15) is 12.1 Å². The minimum Gasteiger partial charge on any atom is -0.480 e. The number of hydrogen-bond acceptors (Lipinski definition) is 5. The summed E-state index contributed by atoms with van der Waals surface area (Å²) in [4.78, 5) is 44.6. The maximum absolute atomic E-state index is 11.5. The fourth-order valence-electron chi connectivity index (χ4n) is 1.30. The van der Waals surface area contributed by atoms with Crippen LogP contribution in [0.4, 0.5) is 4.79 Å². The van der Waals surface area contributed by atoms with Crippen LogP contribution in [0.15, 0.2) is 0 Å². The van der Waals surface area contributed by atoms with E-state index in [1.54, 1.807) is 0 Å². The predicted octanol–water partition coefficient (Wildman–Crippen LogP) is -1.17. The molecule has 114 valence electrons. The van der Waals surface area contributed by atoms with Gasteiger partial charge in [-0.05, 0) is 13.3 Å². The van der Waals surface area contributed by atoms with E-state index in [-0.39, 0.29) is 12.8 Å². The molecule has 4 N–H and O–H groups in total. The fourth-order valence-corrected chi connectivity index (χ4v) is 1.30. The van der Waals surface area contributed by atoms with Gasteiger partial charge in [0.15, 0.2) is 0 Å². The molecular weight excluding hydrogens is 270 g/mol. The summed E-state index contributed by atoms with van der Waals surface area (Å²) in [6, 6.07) is -2.86. The zero-order chi connectivity index (χ0) is 15.7. The van der Waals surface area contributed by atoms with Crippen molar-refractivity contribution < 1.29 is 29.0 Å². The first kappa shape index (κ1) is 17.7. The van der Waals surface area contributed by atoms with E-state index in [0.717, 1.165) is 0 Å². The van der Waals surface area contributed by atoms with Gasteiger partial charge in [-0.1, -0.05) is 0 Å². The Morgan fingerprint density at radius 3 is 2.25 bits per heavy atom. The van der Waals surface area contributed by atoms with Crippen LogP contribution >= 0.6 is 0 Å². The minimum absolute atomic E-state index is 0.107. The van der Waals surface area contributed by atoms with Gasteiger partial charge < -0.3 is 25.8 Å². The highest BCUT2D eigenvalue weighted by molar-refractivity contribution is 5.88. The number of ether oxygens (including phenoxy) is 1. The maximum Gasteiger partial charge on any atom is 0.326 e. The largest absolute Gasteiger partial charge is 0.480 e. The standard InChI is InChI=1S/C11H19N3O6/c1-6(9(16)12-2)13-11(19)14-7(10(17)18)4-5-8(15)20-3/h6-7H,4-5H2,1-3H3,(H,12,16)(H,17,18)(H2,13,14,19)/t6?,7-/m1/s1. The lowest BCUT2D eigenvalue weighted by Crippen LogP contribution is -2.52. The van der Waals surface area contributed by atoms with E-state index in [2.05, 4.69) is 20.7 Å². The molecule has 0 aliphatic rings. The first-order valence-corrected chi connectivity index (χ1v) is 5.90. The SMILES string of the molecule is CNC(=O)C(C)NC(=O)N[C@H](CCC(=O)OC)C(=O)O. The third kappa shape index (κ3) is 6.57. The topological polar surface area (TPSA) is 134 Å². The molecule has 0 fully saturated rings. The molecule has 0 aromatic carbocycles. The lowest BCUT2D eigenvalue weighted by atomic mass is 10.1. The molecule has 0 saturated carbocycles. The monoisotopic (exact) mass is 289 g/mol. The van der Waals surface area contributed by atoms with Crippen molar-refractivity contribution in [2.45, 2.75) is 31.8 Å². The van der Waals surface area contributed by atoms with E-state index in [1.807, 2.05) is 0 Å². The third-order valence-electron chi connectivity index (χ3n) is 2.46. The molecule has 9 nitrogen and oxygen atoms in total. The molecule has 0 heterocycles. The van der Waals surface area contributed by atoms with Crippen molar-refractivity contribution in [1.29, 1.82) is 0 Å². The molecule has 0 radical (unpaired) electrons. The molecule has 9 heteroatoms. The van der Waals surface area contributed by atoms with Crippen molar-refractivity contribution in [3.05, 3.63) is 0 Å². The van der Waals surface area contributed by atoms with Gasteiger partial charge in [-0.3, -0.25) is 9.59 Å². The van der Waals surface area contributed by atoms with Crippen molar-refractivity contribution in [2.75, 3.05) is 14.2 Å². The Balaban J connectivity index is 4.37. The lowest BCUT2D eigenvalue weighted by molar-refractivity contribution is -0.142. The van der Waals surface area contributed by atoms with Crippen LogP contribution in [0.2, 0.25) is 0 Å². The number of rotatable bonds is 7.